The fourth-order valence-corrected chi connectivity index (χ4v) is 2.37. The average molecular weight is 310 g/mol. The molecule has 1 aliphatic heterocycles. The van der Waals surface area contributed by atoms with E-state index < -0.39 is 24.1 Å². The molecule has 1 saturated heterocycles. The van der Waals surface area contributed by atoms with Gasteiger partial charge in [0.15, 0.2) is 0 Å². The predicted octanol–water partition coefficient (Wildman–Crippen LogP) is 1.26. The number of aliphatic carboxylic acids is 1. The summed E-state index contributed by atoms with van der Waals surface area (Å²) in [6.45, 7) is -0.0488. The molecule has 0 aromatic heterocycles. The maximum Gasteiger partial charge on any atom is 0.326 e. The van der Waals surface area contributed by atoms with Crippen LogP contribution in [0.4, 0.5) is 10.5 Å². The number of carboxylic acid groups (broad SMARTS) is 1. The van der Waals surface area contributed by atoms with Crippen LogP contribution in [0, 0.1) is 11.3 Å². The van der Waals surface area contributed by atoms with Crippen LogP contribution >= 0.6 is 11.6 Å². The van der Waals surface area contributed by atoms with Gasteiger partial charge in [-0.25, -0.2) is 9.59 Å². The van der Waals surface area contributed by atoms with Crippen LogP contribution in [-0.4, -0.2) is 45.8 Å². The highest BCUT2D eigenvalue weighted by Gasteiger charge is 2.39. The normalized spacial score (nSPS) is 20.9. The highest BCUT2D eigenvalue weighted by atomic mass is 35.5. The van der Waals surface area contributed by atoms with E-state index in [0.29, 0.717) is 5.69 Å². The number of carboxylic acids is 1. The number of β-amino-alcohol motifs (C(OH)–C–C–N with tert-alkyl or cyclic N) is 1. The molecule has 110 valence electrons. The Balaban J connectivity index is 2.12. The summed E-state index contributed by atoms with van der Waals surface area (Å²) in [5.41, 5.74) is 0.615. The molecule has 2 rings (SSSR count). The van der Waals surface area contributed by atoms with Crippen molar-refractivity contribution < 1.29 is 19.8 Å². The topological polar surface area (TPSA) is 114 Å². The van der Waals surface area contributed by atoms with Gasteiger partial charge in [0, 0.05) is 18.7 Å². The summed E-state index contributed by atoms with van der Waals surface area (Å²) < 4.78 is 0. The molecule has 21 heavy (non-hydrogen) atoms. The van der Waals surface area contributed by atoms with E-state index in [-0.39, 0.29) is 23.6 Å². The van der Waals surface area contributed by atoms with Crippen LogP contribution in [0.2, 0.25) is 5.02 Å². The Hall–Kier alpha value is -2.30. The van der Waals surface area contributed by atoms with Gasteiger partial charge < -0.3 is 20.4 Å². The van der Waals surface area contributed by atoms with E-state index in [4.69, 9.17) is 22.0 Å². The van der Waals surface area contributed by atoms with Gasteiger partial charge >= 0.3 is 12.0 Å². The highest BCUT2D eigenvalue weighted by Crippen LogP contribution is 2.23. The molecule has 8 heteroatoms. The number of amides is 2. The van der Waals surface area contributed by atoms with E-state index in [1.807, 2.05) is 6.07 Å². The Morgan fingerprint density at radius 2 is 2.19 bits per heavy atom. The number of urea groups is 1. The number of benzene rings is 1. The number of anilines is 1. The lowest BCUT2D eigenvalue weighted by atomic mass is 10.2. The summed E-state index contributed by atoms with van der Waals surface area (Å²) >= 11 is 5.85. The van der Waals surface area contributed by atoms with Crippen molar-refractivity contribution in [3.05, 3.63) is 28.8 Å². The molecule has 0 aliphatic carbocycles. The Bertz CT molecular complexity index is 628. The van der Waals surface area contributed by atoms with Crippen LogP contribution in [0.25, 0.3) is 0 Å². The molecule has 7 nitrogen and oxygen atoms in total. The number of hydrogen-bond acceptors (Lipinski definition) is 4. The number of rotatable bonds is 2. The number of hydrogen-bond donors (Lipinski definition) is 3. The Labute approximate surface area is 125 Å². The largest absolute Gasteiger partial charge is 0.480 e. The summed E-state index contributed by atoms with van der Waals surface area (Å²) in [6, 6.07) is 4.54. The molecule has 2 atom stereocenters. The summed E-state index contributed by atoms with van der Waals surface area (Å²) in [6.07, 6.45) is -0.863. The summed E-state index contributed by atoms with van der Waals surface area (Å²) in [4.78, 5) is 24.2. The molecule has 1 heterocycles. The molecule has 2 amide bonds. The second-order valence-electron chi connectivity index (χ2n) is 4.63. The van der Waals surface area contributed by atoms with Crippen LogP contribution in [0.1, 0.15) is 12.0 Å². The summed E-state index contributed by atoms with van der Waals surface area (Å²) in [5, 5.41) is 30.0. The van der Waals surface area contributed by atoms with Crippen LogP contribution in [0.5, 0.6) is 0 Å². The molecule has 1 fully saturated rings. The van der Waals surface area contributed by atoms with Gasteiger partial charge in [-0.1, -0.05) is 11.6 Å². The van der Waals surface area contributed by atoms with Crippen molar-refractivity contribution in [3.63, 3.8) is 0 Å². The molecule has 0 bridgehead atoms. The molecular weight excluding hydrogens is 298 g/mol. The third-order valence-corrected chi connectivity index (χ3v) is 3.48. The SMILES string of the molecule is N#Cc1ccc(NC(=O)N2CC(O)CC2C(=O)O)cc1Cl. The number of nitrogens with one attached hydrogen (secondary N) is 1. The number of carbonyl (C=O) groups is 2. The number of carbonyl (C=O) groups excluding carboxylic acids is 1. The fraction of sp³-hybridized carbons (Fsp3) is 0.308. The van der Waals surface area contributed by atoms with E-state index in [1.54, 1.807) is 0 Å². The number of aliphatic hydroxyl groups is 1. The van der Waals surface area contributed by atoms with Gasteiger partial charge in [-0.15, -0.1) is 0 Å². The zero-order chi connectivity index (χ0) is 15.6. The highest BCUT2D eigenvalue weighted by molar-refractivity contribution is 6.32. The minimum atomic E-state index is -1.17. The lowest BCUT2D eigenvalue weighted by molar-refractivity contribution is -0.141. The van der Waals surface area contributed by atoms with Crippen LogP contribution in [0.3, 0.4) is 0 Å². The van der Waals surface area contributed by atoms with Gasteiger partial charge in [0.05, 0.1) is 16.7 Å². The third kappa shape index (κ3) is 3.24. The van der Waals surface area contributed by atoms with Crippen LogP contribution < -0.4 is 5.32 Å². The number of nitriles is 1. The first-order valence-corrected chi connectivity index (χ1v) is 6.48. The molecule has 0 spiro atoms. The molecular formula is C13H12ClN3O4. The summed E-state index contributed by atoms with van der Waals surface area (Å²) in [5.74, 6) is -1.17. The van der Waals surface area contributed by atoms with Crippen LogP contribution in [-0.2, 0) is 4.79 Å². The van der Waals surface area contributed by atoms with Gasteiger partial charge in [-0.05, 0) is 18.2 Å². The molecule has 3 N–H and O–H groups in total. The first-order valence-electron chi connectivity index (χ1n) is 6.10. The first kappa shape index (κ1) is 15.1. The van der Waals surface area contributed by atoms with Gasteiger partial charge in [0.2, 0.25) is 0 Å². The number of likely N-dealkylation sites (tertiary alicyclic amines) is 1. The first-order chi connectivity index (χ1) is 9.92. The van der Waals surface area contributed by atoms with Crippen molar-refractivity contribution in [3.8, 4) is 6.07 Å². The van der Waals surface area contributed by atoms with E-state index in [2.05, 4.69) is 5.32 Å². The lowest BCUT2D eigenvalue weighted by Crippen LogP contribution is -2.43. The Kier molecular flexibility index (Phi) is 4.31. The van der Waals surface area contributed by atoms with Crippen molar-refractivity contribution in [1.29, 1.82) is 5.26 Å². The molecule has 1 aromatic carbocycles. The number of aliphatic hydroxyl groups excluding tert-OH is 1. The van der Waals surface area contributed by atoms with E-state index in [9.17, 15) is 14.7 Å². The molecule has 0 saturated carbocycles. The predicted molar refractivity (Wildman–Crippen MR) is 73.9 cm³/mol. The number of nitrogens with zero attached hydrogens (tertiary/aromatic N) is 2. The van der Waals surface area contributed by atoms with Crippen molar-refractivity contribution >= 4 is 29.3 Å². The van der Waals surface area contributed by atoms with Gasteiger partial charge in [0.1, 0.15) is 12.1 Å². The zero-order valence-electron chi connectivity index (χ0n) is 10.8. The molecule has 1 aliphatic rings. The zero-order valence-corrected chi connectivity index (χ0v) is 11.5. The quantitative estimate of drug-likeness (QED) is 0.761. The molecule has 2 unspecified atom stereocenters. The minimum Gasteiger partial charge on any atom is -0.480 e. The smallest absolute Gasteiger partial charge is 0.326 e. The number of halogens is 1. The van der Waals surface area contributed by atoms with E-state index >= 15 is 0 Å². The fourth-order valence-electron chi connectivity index (χ4n) is 2.15. The summed E-state index contributed by atoms with van der Waals surface area (Å²) in [7, 11) is 0. The second kappa shape index (κ2) is 5.99. The Morgan fingerprint density at radius 1 is 1.48 bits per heavy atom. The van der Waals surface area contributed by atoms with E-state index in [1.165, 1.54) is 18.2 Å². The monoisotopic (exact) mass is 309 g/mol. The maximum absolute atomic E-state index is 12.1. The average Bonchev–Trinajstić information content (AvgIpc) is 2.81. The van der Waals surface area contributed by atoms with Gasteiger partial charge in [-0.2, -0.15) is 5.26 Å². The van der Waals surface area contributed by atoms with Crippen molar-refractivity contribution in [1.82, 2.24) is 4.90 Å². The standard InChI is InChI=1S/C13H12ClN3O4/c14-10-3-8(2-1-7(10)5-15)16-13(21)17-6-9(18)4-11(17)12(19)20/h1-3,9,11,18H,4,6H2,(H,16,21)(H,19,20). The van der Waals surface area contributed by atoms with Crippen molar-refractivity contribution in [2.75, 3.05) is 11.9 Å². The van der Waals surface area contributed by atoms with Crippen molar-refractivity contribution in [2.45, 2.75) is 18.6 Å². The molecule has 0 radical (unpaired) electrons. The third-order valence-electron chi connectivity index (χ3n) is 3.17. The second-order valence-corrected chi connectivity index (χ2v) is 5.04. The lowest BCUT2D eigenvalue weighted by Gasteiger charge is -2.21. The minimum absolute atomic E-state index is 0.00310. The van der Waals surface area contributed by atoms with E-state index in [0.717, 1.165) is 4.90 Å². The maximum atomic E-state index is 12.1. The van der Waals surface area contributed by atoms with Gasteiger partial charge in [0.25, 0.3) is 0 Å². The Morgan fingerprint density at radius 3 is 2.76 bits per heavy atom. The van der Waals surface area contributed by atoms with Crippen LogP contribution in [0.15, 0.2) is 18.2 Å². The van der Waals surface area contributed by atoms with Crippen molar-refractivity contribution in [2.24, 2.45) is 0 Å². The molecule has 1 aromatic rings. The van der Waals surface area contributed by atoms with Gasteiger partial charge in [-0.3, -0.25) is 0 Å².